The molecule has 2 heterocycles. The Bertz CT molecular complexity index is 1260. The average Bonchev–Trinajstić information content (AvgIpc) is 2.72. The number of likely N-dealkylation sites (N-methyl/N-ethyl adjacent to an activating group) is 1. The van der Waals surface area contributed by atoms with Crippen molar-refractivity contribution in [1.29, 1.82) is 0 Å². The van der Waals surface area contributed by atoms with Gasteiger partial charge in [0.1, 0.15) is 5.57 Å². The second kappa shape index (κ2) is 8.54. The van der Waals surface area contributed by atoms with Crippen LogP contribution in [0.25, 0.3) is 11.6 Å². The highest BCUT2D eigenvalue weighted by atomic mass is 79.9. The van der Waals surface area contributed by atoms with Crippen molar-refractivity contribution in [1.82, 2.24) is 5.32 Å². The van der Waals surface area contributed by atoms with Crippen molar-refractivity contribution in [2.45, 2.75) is 40.2 Å². The molecular weight excluding hydrogens is 498 g/mol. The summed E-state index contributed by atoms with van der Waals surface area (Å²) in [4.78, 5) is 29.9. The number of carbonyl (C=O) groups excluding carboxylic acids is 2. The summed E-state index contributed by atoms with van der Waals surface area (Å²) in [5.74, 6) is -0.923. The van der Waals surface area contributed by atoms with Crippen LogP contribution in [0, 0.1) is 6.92 Å². The van der Waals surface area contributed by atoms with Crippen molar-refractivity contribution in [3.63, 3.8) is 0 Å². The fourth-order valence-electron chi connectivity index (χ4n) is 4.68. The van der Waals surface area contributed by atoms with Crippen LogP contribution >= 0.6 is 28.1 Å². The predicted octanol–water partition coefficient (Wildman–Crippen LogP) is 5.61. The van der Waals surface area contributed by atoms with Gasteiger partial charge in [-0.3, -0.25) is 19.8 Å². The summed E-state index contributed by atoms with van der Waals surface area (Å²) in [5.41, 5.74) is 5.70. The summed E-state index contributed by atoms with van der Waals surface area (Å²) in [5, 5.41) is 2.75. The number of hydrogen-bond acceptors (Lipinski definition) is 4. The molecule has 2 amide bonds. The summed E-state index contributed by atoms with van der Waals surface area (Å²) >= 11 is 8.78. The summed E-state index contributed by atoms with van der Waals surface area (Å²) in [6.45, 7) is 11.4. The average molecular weight is 524 g/mol. The minimum Gasteiger partial charge on any atom is -0.363 e. The summed E-state index contributed by atoms with van der Waals surface area (Å²) in [6.07, 6.45) is 3.90. The normalized spacial score (nSPS) is 18.9. The third-order valence-electron chi connectivity index (χ3n) is 6.13. The number of halogens is 1. The molecule has 7 heteroatoms. The molecule has 1 fully saturated rings. The molecule has 0 radical (unpaired) electrons. The van der Waals surface area contributed by atoms with Crippen LogP contribution in [0.3, 0.4) is 0 Å². The van der Waals surface area contributed by atoms with Gasteiger partial charge in [-0.2, -0.15) is 0 Å². The highest BCUT2D eigenvalue weighted by Crippen LogP contribution is 2.39. The van der Waals surface area contributed by atoms with Gasteiger partial charge in [0.05, 0.1) is 11.2 Å². The molecule has 0 unspecified atom stereocenters. The molecule has 1 N–H and O–H groups in total. The van der Waals surface area contributed by atoms with E-state index in [1.54, 1.807) is 6.08 Å². The van der Waals surface area contributed by atoms with E-state index in [0.717, 1.165) is 33.4 Å². The molecule has 170 valence electrons. The number of nitrogens with zero attached hydrogens (tertiary/aromatic N) is 2. The topological polar surface area (TPSA) is 52.7 Å². The van der Waals surface area contributed by atoms with Gasteiger partial charge in [0.25, 0.3) is 11.8 Å². The van der Waals surface area contributed by atoms with Crippen LogP contribution in [0.2, 0.25) is 0 Å². The van der Waals surface area contributed by atoms with Crippen molar-refractivity contribution in [2.75, 3.05) is 16.3 Å². The number of thiocarbonyl (C=S) groups is 1. The van der Waals surface area contributed by atoms with Crippen molar-refractivity contribution in [3.8, 4) is 0 Å². The Morgan fingerprint density at radius 3 is 2.45 bits per heavy atom. The van der Waals surface area contributed by atoms with Crippen LogP contribution in [-0.2, 0) is 9.59 Å². The zero-order valence-electron chi connectivity index (χ0n) is 19.3. The Morgan fingerprint density at radius 1 is 1.09 bits per heavy atom. The Morgan fingerprint density at radius 2 is 1.79 bits per heavy atom. The summed E-state index contributed by atoms with van der Waals surface area (Å²) in [6, 6.07) is 11.6. The van der Waals surface area contributed by atoms with Gasteiger partial charge in [-0.15, -0.1) is 0 Å². The van der Waals surface area contributed by atoms with Gasteiger partial charge in [-0.05, 0) is 99.9 Å². The molecule has 0 atom stereocenters. The van der Waals surface area contributed by atoms with Gasteiger partial charge in [-0.25, -0.2) is 0 Å². The SMILES string of the molecule is CCN1c2ccc(/C=C3/C(=O)NC(=S)N(c4ccc(Br)cc4C)C3=O)cc2C(C)=CC1(C)C. The third-order valence-corrected chi connectivity index (χ3v) is 6.91. The zero-order valence-corrected chi connectivity index (χ0v) is 21.7. The van der Waals surface area contributed by atoms with Crippen LogP contribution < -0.4 is 15.1 Å². The van der Waals surface area contributed by atoms with Crippen molar-refractivity contribution >= 4 is 68.1 Å². The van der Waals surface area contributed by atoms with Gasteiger partial charge in [0.15, 0.2) is 5.11 Å². The van der Waals surface area contributed by atoms with E-state index in [4.69, 9.17) is 12.2 Å². The standard InChI is InChI=1S/C26H26BrN3O2S/c1-6-29-22-9-7-17(12-19(22)16(3)14-26(29,4)5)13-20-23(31)28-25(33)30(24(20)32)21-10-8-18(27)11-15(21)2/h7-14H,6H2,1-5H3,(H,28,31,33)/b20-13-. The number of fused-ring (bicyclic) bond motifs is 1. The van der Waals surface area contributed by atoms with E-state index in [1.165, 1.54) is 10.5 Å². The lowest BCUT2D eigenvalue weighted by atomic mass is 9.88. The van der Waals surface area contributed by atoms with Crippen molar-refractivity contribution in [3.05, 3.63) is 69.2 Å². The molecule has 4 rings (SSSR count). The second-order valence-electron chi connectivity index (χ2n) is 8.89. The zero-order chi connectivity index (χ0) is 24.1. The number of nitrogens with one attached hydrogen (secondary N) is 1. The van der Waals surface area contributed by atoms with E-state index >= 15 is 0 Å². The second-order valence-corrected chi connectivity index (χ2v) is 10.2. The lowest BCUT2D eigenvalue weighted by Crippen LogP contribution is -2.54. The molecule has 0 spiro atoms. The van der Waals surface area contributed by atoms with E-state index < -0.39 is 11.8 Å². The number of anilines is 2. The molecule has 2 aromatic carbocycles. The fourth-order valence-corrected chi connectivity index (χ4v) is 5.43. The number of benzene rings is 2. The molecule has 2 aromatic rings. The van der Waals surface area contributed by atoms with Crippen molar-refractivity contribution in [2.24, 2.45) is 0 Å². The lowest BCUT2D eigenvalue weighted by molar-refractivity contribution is -0.122. The highest BCUT2D eigenvalue weighted by Gasteiger charge is 2.35. The largest absolute Gasteiger partial charge is 0.363 e. The van der Waals surface area contributed by atoms with E-state index in [0.29, 0.717) is 5.69 Å². The molecule has 2 aliphatic rings. The molecule has 0 bridgehead atoms. The Hall–Kier alpha value is -2.77. The molecule has 33 heavy (non-hydrogen) atoms. The Labute approximate surface area is 208 Å². The lowest BCUT2D eigenvalue weighted by Gasteiger charge is -2.42. The maximum absolute atomic E-state index is 13.4. The highest BCUT2D eigenvalue weighted by molar-refractivity contribution is 9.10. The smallest absolute Gasteiger partial charge is 0.270 e. The van der Waals surface area contributed by atoms with E-state index in [2.05, 4.69) is 66.0 Å². The summed E-state index contributed by atoms with van der Waals surface area (Å²) < 4.78 is 0.903. The number of aryl methyl sites for hydroxylation is 1. The van der Waals surface area contributed by atoms with Crippen LogP contribution in [-0.4, -0.2) is 29.0 Å². The molecule has 2 aliphatic heterocycles. The molecule has 0 aromatic heterocycles. The minimum absolute atomic E-state index is 0.0518. The predicted molar refractivity (Wildman–Crippen MR) is 142 cm³/mol. The van der Waals surface area contributed by atoms with E-state index in [9.17, 15) is 9.59 Å². The van der Waals surface area contributed by atoms with Crippen LogP contribution in [0.5, 0.6) is 0 Å². The van der Waals surface area contributed by atoms with Gasteiger partial charge in [0.2, 0.25) is 0 Å². The van der Waals surface area contributed by atoms with Crippen LogP contribution in [0.15, 0.2) is 52.5 Å². The number of rotatable bonds is 3. The number of hydrogen-bond donors (Lipinski definition) is 1. The minimum atomic E-state index is -0.489. The first-order valence-corrected chi connectivity index (χ1v) is 12.0. The Kier molecular flexibility index (Phi) is 6.05. The number of allylic oxidation sites excluding steroid dienone is 1. The fraction of sp³-hybridized carbons (Fsp3) is 0.269. The monoisotopic (exact) mass is 523 g/mol. The Balaban J connectivity index is 1.76. The molecule has 1 saturated heterocycles. The van der Waals surface area contributed by atoms with Gasteiger partial charge < -0.3 is 4.90 Å². The molecular formula is C26H26BrN3O2S. The number of amides is 2. The maximum atomic E-state index is 13.4. The first-order valence-electron chi connectivity index (χ1n) is 10.8. The van der Waals surface area contributed by atoms with E-state index in [-0.39, 0.29) is 16.2 Å². The molecule has 0 aliphatic carbocycles. The third kappa shape index (κ3) is 4.15. The molecule has 0 saturated carbocycles. The van der Waals surface area contributed by atoms with Gasteiger partial charge in [0, 0.05) is 22.3 Å². The summed E-state index contributed by atoms with van der Waals surface area (Å²) in [7, 11) is 0. The number of carbonyl (C=O) groups is 2. The molecule has 5 nitrogen and oxygen atoms in total. The van der Waals surface area contributed by atoms with Crippen LogP contribution in [0.1, 0.15) is 44.4 Å². The van der Waals surface area contributed by atoms with Gasteiger partial charge in [-0.1, -0.05) is 28.1 Å². The van der Waals surface area contributed by atoms with Crippen LogP contribution in [0.4, 0.5) is 11.4 Å². The van der Waals surface area contributed by atoms with Gasteiger partial charge >= 0.3 is 0 Å². The van der Waals surface area contributed by atoms with Crippen molar-refractivity contribution < 1.29 is 9.59 Å². The maximum Gasteiger partial charge on any atom is 0.270 e. The first kappa shape index (κ1) is 23.4. The quantitative estimate of drug-likeness (QED) is 0.322. The first-order chi connectivity index (χ1) is 15.5. The van der Waals surface area contributed by atoms with E-state index in [1.807, 2.05) is 37.3 Å².